The molecule has 0 bridgehead atoms. The van der Waals surface area contributed by atoms with Gasteiger partial charge in [0.05, 0.1) is 42.2 Å². The molecule has 2 saturated heterocycles. The van der Waals surface area contributed by atoms with Gasteiger partial charge in [-0.25, -0.2) is 0 Å². The number of cyclic esters (lactones) is 1. The summed E-state index contributed by atoms with van der Waals surface area (Å²) in [5.41, 5.74) is -2.12. The van der Waals surface area contributed by atoms with Gasteiger partial charge in [-0.1, -0.05) is 27.7 Å². The minimum Gasteiger partial charge on any atom is -0.463 e. The van der Waals surface area contributed by atoms with E-state index in [0.717, 1.165) is 0 Å². The van der Waals surface area contributed by atoms with E-state index in [1.807, 2.05) is 46.7 Å². The zero-order valence-corrected chi connectivity index (χ0v) is 33.3. The molecule has 0 saturated carbocycles. The Morgan fingerprint density at radius 3 is 2.33 bits per heavy atom. The van der Waals surface area contributed by atoms with E-state index in [1.165, 1.54) is 20.1 Å². The number of hydrogen-bond acceptors (Lipinski definition) is 14. The third-order valence-corrected chi connectivity index (χ3v) is 11.1. The molecule has 0 aromatic carbocycles. The van der Waals surface area contributed by atoms with Crippen molar-refractivity contribution in [2.45, 2.75) is 155 Å². The quantitative estimate of drug-likeness (QED) is 0.125. The van der Waals surface area contributed by atoms with Crippen LogP contribution in [0.1, 0.15) is 94.3 Å². The molecule has 0 aliphatic carbocycles. The number of ether oxygens (including phenoxy) is 5. The number of methoxy groups -OCH3 is 1. The number of furan rings is 1. The second-order valence-electron chi connectivity index (χ2n) is 15.6. The molecule has 1 aromatic heterocycles. The molecule has 2 aliphatic rings. The van der Waals surface area contributed by atoms with Crippen molar-refractivity contribution in [3.8, 4) is 0 Å². The van der Waals surface area contributed by atoms with E-state index >= 15 is 0 Å². The fraction of sp³-hybridized carbons (Fsp3) is 0.816. The van der Waals surface area contributed by atoms with E-state index in [9.17, 15) is 25.2 Å². The number of nitrogens with zero attached hydrogens (tertiary/aromatic N) is 3. The highest BCUT2D eigenvalue weighted by Gasteiger charge is 2.52. The number of aliphatic hydroxyl groups excluding tert-OH is 3. The summed E-state index contributed by atoms with van der Waals surface area (Å²) in [7, 11) is 5.33. The van der Waals surface area contributed by atoms with Crippen LogP contribution in [0.3, 0.4) is 0 Å². The maximum atomic E-state index is 13.9. The third kappa shape index (κ3) is 10.1. The Balaban J connectivity index is 2.27. The average Bonchev–Trinajstić information content (AvgIpc) is 3.63. The van der Waals surface area contributed by atoms with Crippen molar-refractivity contribution in [1.82, 2.24) is 4.90 Å². The van der Waals surface area contributed by atoms with Crippen molar-refractivity contribution in [2.75, 3.05) is 21.2 Å². The summed E-state index contributed by atoms with van der Waals surface area (Å²) in [6.45, 7) is 17.3. The molecule has 0 amide bonds. The SMILES string of the molecule is CC[C@H]1OC(=O)[C@H](C)[C@@H](OC(C)O)[C@H](C)[C@@H](OC2OC(C)CC(N(C)C)C2O)[C@](C)(OC)C[C@@H](C)/C(=N\N=C(/C)c2ccco2)[C@H](C)[C@@H](O)[C@]1(C)O. The predicted molar refractivity (Wildman–Crippen MR) is 196 cm³/mol. The summed E-state index contributed by atoms with van der Waals surface area (Å²) in [6.07, 6.45) is -5.49. The van der Waals surface area contributed by atoms with Gasteiger partial charge < -0.3 is 53.4 Å². The van der Waals surface area contributed by atoms with Gasteiger partial charge in [0, 0.05) is 30.7 Å². The monoisotopic (exact) mass is 739 g/mol. The number of carbonyl (C=O) groups excluding carboxylic acids is 1. The molecular formula is C38H65N3O11. The number of rotatable bonds is 9. The van der Waals surface area contributed by atoms with E-state index in [1.54, 1.807) is 46.9 Å². The van der Waals surface area contributed by atoms with Crippen LogP contribution in [0.5, 0.6) is 0 Å². The first-order chi connectivity index (χ1) is 24.2. The lowest BCUT2D eigenvalue weighted by Crippen LogP contribution is -2.60. The molecule has 1 aromatic rings. The molecule has 15 atom stereocenters. The maximum Gasteiger partial charge on any atom is 0.311 e. The van der Waals surface area contributed by atoms with E-state index in [4.69, 9.17) is 28.1 Å². The lowest BCUT2D eigenvalue weighted by atomic mass is 9.73. The van der Waals surface area contributed by atoms with Crippen LogP contribution in [0, 0.1) is 23.7 Å². The van der Waals surface area contributed by atoms with Crippen molar-refractivity contribution in [1.29, 1.82) is 0 Å². The van der Waals surface area contributed by atoms with Gasteiger partial charge in [0.25, 0.3) is 0 Å². The molecule has 2 aliphatic heterocycles. The lowest BCUT2D eigenvalue weighted by Gasteiger charge is -2.49. The summed E-state index contributed by atoms with van der Waals surface area (Å²) >= 11 is 0. The Hall–Kier alpha value is -2.27. The van der Waals surface area contributed by atoms with Crippen molar-refractivity contribution < 1.29 is 53.3 Å². The topological polar surface area (TPSA) is 185 Å². The summed E-state index contributed by atoms with van der Waals surface area (Å²) in [5.74, 6) is -3.04. The van der Waals surface area contributed by atoms with Crippen LogP contribution in [-0.2, 0) is 28.5 Å². The van der Waals surface area contributed by atoms with Crippen LogP contribution in [0.25, 0.3) is 0 Å². The fourth-order valence-corrected chi connectivity index (χ4v) is 7.91. The summed E-state index contributed by atoms with van der Waals surface area (Å²) in [6, 6.07) is 3.25. The number of likely N-dealkylation sites (N-methyl/N-ethyl adjacent to an activating group) is 1. The fourth-order valence-electron chi connectivity index (χ4n) is 7.91. The van der Waals surface area contributed by atoms with Crippen LogP contribution >= 0.6 is 0 Å². The molecule has 0 spiro atoms. The minimum atomic E-state index is -1.90. The lowest BCUT2D eigenvalue weighted by molar-refractivity contribution is -0.305. The highest BCUT2D eigenvalue weighted by molar-refractivity contribution is 5.97. The van der Waals surface area contributed by atoms with E-state index in [-0.39, 0.29) is 25.0 Å². The smallest absolute Gasteiger partial charge is 0.311 e. The van der Waals surface area contributed by atoms with Crippen LogP contribution in [0.4, 0.5) is 0 Å². The molecule has 3 heterocycles. The standard InChI is InChI=1S/C38H65N3O11/c1-14-29-38(10,46)33(44)22(4)30(40-39-25(7)28-16-15-17-48-28)20(2)19-37(9,47-13)34(23(5)32(50-26(8)42)24(6)35(45)51-29)52-36-31(43)27(41(11)12)18-21(3)49-36/h15-17,20-24,26-27,29,31-34,36,42-44,46H,14,18-19H2,1-13H3/b39-25+,40-30+/t20-,21?,22+,23+,24-,26?,27?,29-,31?,32+,33-,34-,36?,37-,38-/m1/s1. The molecule has 14 heteroatoms. The van der Waals surface area contributed by atoms with Gasteiger partial charge in [0.15, 0.2) is 12.6 Å². The molecule has 14 nitrogen and oxygen atoms in total. The molecule has 5 unspecified atom stereocenters. The van der Waals surface area contributed by atoms with E-state index in [2.05, 4.69) is 10.2 Å². The summed E-state index contributed by atoms with van der Waals surface area (Å²) < 4.78 is 36.9. The van der Waals surface area contributed by atoms with E-state index in [0.29, 0.717) is 23.6 Å². The zero-order valence-electron chi connectivity index (χ0n) is 33.3. The van der Waals surface area contributed by atoms with E-state index < -0.39 is 83.9 Å². The van der Waals surface area contributed by atoms with Gasteiger partial charge in [-0.15, -0.1) is 0 Å². The van der Waals surface area contributed by atoms with Gasteiger partial charge in [0.2, 0.25) is 0 Å². The van der Waals surface area contributed by atoms with Crippen molar-refractivity contribution >= 4 is 17.4 Å². The first-order valence-corrected chi connectivity index (χ1v) is 18.5. The Bertz CT molecular complexity index is 1340. The first kappa shape index (κ1) is 44.1. The van der Waals surface area contributed by atoms with Crippen molar-refractivity contribution in [3.63, 3.8) is 0 Å². The van der Waals surface area contributed by atoms with Gasteiger partial charge in [-0.2, -0.15) is 10.2 Å². The molecule has 0 radical (unpaired) electrons. The van der Waals surface area contributed by atoms with Gasteiger partial charge >= 0.3 is 5.97 Å². The zero-order chi connectivity index (χ0) is 39.3. The number of hydrogen-bond donors (Lipinski definition) is 4. The van der Waals surface area contributed by atoms with Crippen LogP contribution < -0.4 is 0 Å². The number of carbonyl (C=O) groups is 1. The summed E-state index contributed by atoms with van der Waals surface area (Å²) in [5, 5.41) is 55.0. The molecule has 52 heavy (non-hydrogen) atoms. The van der Waals surface area contributed by atoms with Crippen LogP contribution in [0.15, 0.2) is 33.0 Å². The molecule has 298 valence electrons. The maximum absolute atomic E-state index is 13.9. The Morgan fingerprint density at radius 2 is 1.79 bits per heavy atom. The van der Waals surface area contributed by atoms with Gasteiger partial charge in [-0.05, 0) is 93.0 Å². The van der Waals surface area contributed by atoms with Gasteiger partial charge in [0.1, 0.15) is 29.3 Å². The Morgan fingerprint density at radius 1 is 1.13 bits per heavy atom. The highest BCUT2D eigenvalue weighted by atomic mass is 16.7. The molecule has 4 N–H and O–H groups in total. The second kappa shape index (κ2) is 18.4. The summed E-state index contributed by atoms with van der Waals surface area (Å²) in [4.78, 5) is 15.9. The number of aliphatic hydroxyl groups is 4. The molecule has 3 rings (SSSR count). The normalized spacial score (nSPS) is 41.8. The van der Waals surface area contributed by atoms with Crippen molar-refractivity contribution in [3.05, 3.63) is 24.2 Å². The third-order valence-electron chi connectivity index (χ3n) is 11.1. The first-order valence-electron chi connectivity index (χ1n) is 18.5. The predicted octanol–water partition coefficient (Wildman–Crippen LogP) is 3.77. The molecule has 2 fully saturated rings. The Labute approximate surface area is 309 Å². The van der Waals surface area contributed by atoms with Crippen LogP contribution in [-0.4, -0.2) is 130 Å². The average molecular weight is 740 g/mol. The van der Waals surface area contributed by atoms with Crippen LogP contribution in [0.2, 0.25) is 0 Å². The van der Waals surface area contributed by atoms with Gasteiger partial charge in [-0.3, -0.25) is 4.79 Å². The Kier molecular flexibility index (Phi) is 15.6. The van der Waals surface area contributed by atoms with Crippen molar-refractivity contribution in [2.24, 2.45) is 33.9 Å². The minimum absolute atomic E-state index is 0.195. The molecular weight excluding hydrogens is 674 g/mol. The largest absolute Gasteiger partial charge is 0.463 e. The highest BCUT2D eigenvalue weighted by Crippen LogP contribution is 2.40. The number of esters is 1. The second-order valence-corrected chi connectivity index (χ2v) is 15.6.